The van der Waals surface area contributed by atoms with E-state index < -0.39 is 0 Å². The van der Waals surface area contributed by atoms with Crippen LogP contribution < -0.4 is 0 Å². The van der Waals surface area contributed by atoms with E-state index in [4.69, 9.17) is 0 Å². The van der Waals surface area contributed by atoms with Gasteiger partial charge in [0.05, 0.1) is 0 Å². The quantitative estimate of drug-likeness (QED) is 0.322. The van der Waals surface area contributed by atoms with Crippen LogP contribution in [0.1, 0.15) is 173 Å². The molecule has 1 saturated carbocycles. The normalized spacial score (nSPS) is 17.2. The first-order valence-electron chi connectivity index (χ1n) is 16.9. The molecule has 0 spiro atoms. The standard InChI is InChI=1S/C15H24.C14H22.C8H16.2C2H6/c1-14(2,3)11-12-9-7-8-10-13(12)15(4,5)6;1-13(2,3)11-9-7-8-10-12(11)14(4,5)6;1-7-5-3-4-6-8(7)2;2*1-2/h7-10H,11H2,1-6H3;7-10H,1-6H3;7-8H,3-6H2,1-2H3;2*1-2H3/t;;7-,8+;;. The topological polar surface area (TPSA) is 0 Å². The van der Waals surface area contributed by atoms with Crippen molar-refractivity contribution in [1.29, 1.82) is 0 Å². The largest absolute Gasteiger partial charge is 0.0683 e. The van der Waals surface area contributed by atoms with E-state index in [-0.39, 0.29) is 16.2 Å². The fourth-order valence-electron chi connectivity index (χ4n) is 5.27. The molecule has 0 aromatic heterocycles. The van der Waals surface area contributed by atoms with Crippen LogP contribution in [0.25, 0.3) is 0 Å². The maximum Gasteiger partial charge on any atom is -0.0129 e. The molecule has 1 fully saturated rings. The maximum atomic E-state index is 2.38. The lowest BCUT2D eigenvalue weighted by Crippen LogP contribution is -2.21. The van der Waals surface area contributed by atoms with E-state index in [1.54, 1.807) is 0 Å². The molecule has 2 aromatic rings. The van der Waals surface area contributed by atoms with Crippen LogP contribution in [0, 0.1) is 17.3 Å². The molecule has 1 aliphatic rings. The first kappa shape index (κ1) is 41.6. The van der Waals surface area contributed by atoms with E-state index in [9.17, 15) is 0 Å². The van der Waals surface area contributed by atoms with Gasteiger partial charge >= 0.3 is 0 Å². The Morgan fingerprint density at radius 2 is 0.780 bits per heavy atom. The summed E-state index contributed by atoms with van der Waals surface area (Å²) in [4.78, 5) is 0. The molecule has 0 unspecified atom stereocenters. The Hall–Kier alpha value is -1.56. The van der Waals surface area contributed by atoms with E-state index in [1.807, 2.05) is 27.7 Å². The molecule has 238 valence electrons. The molecule has 0 aliphatic heterocycles. The van der Waals surface area contributed by atoms with Crippen molar-refractivity contribution in [1.82, 2.24) is 0 Å². The second kappa shape index (κ2) is 18.9. The molecule has 41 heavy (non-hydrogen) atoms. The molecule has 0 bridgehead atoms. The van der Waals surface area contributed by atoms with E-state index in [0.29, 0.717) is 5.41 Å². The summed E-state index contributed by atoms with van der Waals surface area (Å²) in [5, 5.41) is 0. The van der Waals surface area contributed by atoms with E-state index in [1.165, 1.54) is 47.9 Å². The Bertz CT molecular complexity index is 875. The van der Waals surface area contributed by atoms with Crippen molar-refractivity contribution in [3.63, 3.8) is 0 Å². The first-order valence-corrected chi connectivity index (χ1v) is 16.9. The summed E-state index contributed by atoms with van der Waals surface area (Å²) in [7, 11) is 0. The maximum absolute atomic E-state index is 2.38. The molecule has 0 heterocycles. The summed E-state index contributed by atoms with van der Waals surface area (Å²) >= 11 is 0. The molecular formula is C41H74. The molecule has 3 rings (SSSR count). The Kier molecular flexibility index (Phi) is 19.1. The third-order valence-electron chi connectivity index (χ3n) is 7.63. The van der Waals surface area contributed by atoms with Crippen LogP contribution in [-0.2, 0) is 22.7 Å². The highest BCUT2D eigenvalue weighted by atomic mass is 14.3. The number of rotatable bonds is 1. The molecule has 0 nitrogen and oxygen atoms in total. The fourth-order valence-corrected chi connectivity index (χ4v) is 5.27. The molecule has 2 aromatic carbocycles. The summed E-state index contributed by atoms with van der Waals surface area (Å²) in [5.41, 5.74) is 7.01. The van der Waals surface area contributed by atoms with Gasteiger partial charge in [-0.3, -0.25) is 0 Å². The lowest BCUT2D eigenvalue weighted by molar-refractivity contribution is 0.277. The molecule has 0 radical (unpaired) electrons. The number of benzene rings is 2. The van der Waals surface area contributed by atoms with Crippen molar-refractivity contribution in [3.05, 3.63) is 70.8 Å². The van der Waals surface area contributed by atoms with Crippen LogP contribution in [0.4, 0.5) is 0 Å². The number of hydrogen-bond acceptors (Lipinski definition) is 0. The zero-order valence-electron chi connectivity index (χ0n) is 31.3. The zero-order chi connectivity index (χ0) is 32.7. The van der Waals surface area contributed by atoms with Gasteiger partial charge in [0.1, 0.15) is 0 Å². The smallest absolute Gasteiger partial charge is 0.0129 e. The Morgan fingerprint density at radius 1 is 0.488 bits per heavy atom. The van der Waals surface area contributed by atoms with Gasteiger partial charge in [-0.25, -0.2) is 0 Å². The van der Waals surface area contributed by atoms with E-state index in [2.05, 4.69) is 145 Å². The third kappa shape index (κ3) is 17.2. The van der Waals surface area contributed by atoms with Crippen molar-refractivity contribution in [3.8, 4) is 0 Å². The average Bonchev–Trinajstić information content (AvgIpc) is 2.87. The molecule has 1 aliphatic carbocycles. The second-order valence-electron chi connectivity index (χ2n) is 15.9. The van der Waals surface area contributed by atoms with Crippen molar-refractivity contribution in [2.45, 2.75) is 173 Å². The molecule has 0 heteroatoms. The fraction of sp³-hybridized carbons (Fsp3) is 0.707. The lowest BCUT2D eigenvalue weighted by atomic mass is 9.75. The molecular weight excluding hydrogens is 492 g/mol. The Labute approximate surface area is 260 Å². The van der Waals surface area contributed by atoms with Crippen LogP contribution in [0.15, 0.2) is 48.5 Å². The number of hydrogen-bond donors (Lipinski definition) is 0. The predicted octanol–water partition coefficient (Wildman–Crippen LogP) is 13.7. The van der Waals surface area contributed by atoms with Gasteiger partial charge in [-0.05, 0) is 62.2 Å². The minimum Gasteiger partial charge on any atom is -0.0683 e. The Morgan fingerprint density at radius 3 is 1.05 bits per heavy atom. The van der Waals surface area contributed by atoms with E-state index >= 15 is 0 Å². The predicted molar refractivity (Wildman–Crippen MR) is 192 cm³/mol. The first-order chi connectivity index (χ1) is 18.7. The summed E-state index contributed by atoms with van der Waals surface area (Å²) < 4.78 is 0. The van der Waals surface area contributed by atoms with Gasteiger partial charge in [-0.1, -0.05) is 199 Å². The highest BCUT2D eigenvalue weighted by molar-refractivity contribution is 5.37. The van der Waals surface area contributed by atoms with Crippen LogP contribution in [0.2, 0.25) is 0 Å². The van der Waals surface area contributed by atoms with Crippen molar-refractivity contribution in [2.24, 2.45) is 17.3 Å². The van der Waals surface area contributed by atoms with Gasteiger partial charge in [0.2, 0.25) is 0 Å². The van der Waals surface area contributed by atoms with Gasteiger partial charge < -0.3 is 0 Å². The second-order valence-corrected chi connectivity index (χ2v) is 15.9. The Balaban J connectivity index is 0. The molecule has 0 saturated heterocycles. The minimum absolute atomic E-state index is 0.240. The SMILES string of the molecule is CC.CC.CC(C)(C)Cc1ccccc1C(C)(C)C.CC(C)(C)c1ccccc1C(C)(C)C.C[C@@H]1CCCC[C@@H]1C. The molecule has 0 N–H and O–H groups in total. The summed E-state index contributed by atoms with van der Waals surface area (Å²) in [5.74, 6) is 2.01. The average molecular weight is 567 g/mol. The van der Waals surface area contributed by atoms with Crippen LogP contribution in [-0.4, -0.2) is 0 Å². The van der Waals surface area contributed by atoms with Gasteiger partial charge in [-0.2, -0.15) is 0 Å². The minimum atomic E-state index is 0.240. The van der Waals surface area contributed by atoms with E-state index in [0.717, 1.165) is 18.3 Å². The summed E-state index contributed by atoms with van der Waals surface area (Å²) in [6, 6.07) is 17.6. The molecule has 0 amide bonds. The van der Waals surface area contributed by atoms with Gasteiger partial charge in [0, 0.05) is 0 Å². The highest BCUT2D eigenvalue weighted by Crippen LogP contribution is 2.33. The van der Waals surface area contributed by atoms with Crippen LogP contribution >= 0.6 is 0 Å². The van der Waals surface area contributed by atoms with Gasteiger partial charge in [0.25, 0.3) is 0 Å². The van der Waals surface area contributed by atoms with Crippen LogP contribution in [0.3, 0.4) is 0 Å². The van der Waals surface area contributed by atoms with Crippen molar-refractivity contribution < 1.29 is 0 Å². The van der Waals surface area contributed by atoms with Crippen LogP contribution in [0.5, 0.6) is 0 Å². The third-order valence-corrected chi connectivity index (χ3v) is 7.63. The summed E-state index contributed by atoms with van der Waals surface area (Å²) in [6.45, 7) is 40.2. The lowest BCUT2D eigenvalue weighted by Gasteiger charge is -2.29. The zero-order valence-corrected chi connectivity index (χ0v) is 31.3. The van der Waals surface area contributed by atoms with Gasteiger partial charge in [-0.15, -0.1) is 0 Å². The highest BCUT2D eigenvalue weighted by Gasteiger charge is 2.24. The summed E-state index contributed by atoms with van der Waals surface area (Å²) in [6.07, 6.45) is 7.06. The van der Waals surface area contributed by atoms with Gasteiger partial charge in [0.15, 0.2) is 0 Å². The monoisotopic (exact) mass is 567 g/mol. The molecule has 2 atom stereocenters. The van der Waals surface area contributed by atoms with Crippen molar-refractivity contribution in [2.75, 3.05) is 0 Å². The van der Waals surface area contributed by atoms with Crippen molar-refractivity contribution >= 4 is 0 Å².